The molecule has 0 aliphatic rings. The third-order valence-electron chi connectivity index (χ3n) is 3.25. The Morgan fingerprint density at radius 3 is 2.83 bits per heavy atom. The summed E-state index contributed by atoms with van der Waals surface area (Å²) >= 11 is 1.54. The van der Waals surface area contributed by atoms with Crippen molar-refractivity contribution in [1.82, 2.24) is 15.5 Å². The molecule has 7 heteroatoms. The van der Waals surface area contributed by atoms with Crippen molar-refractivity contribution in [1.29, 1.82) is 0 Å². The number of amides is 1. The molecule has 1 amide bonds. The molecule has 2 heterocycles. The second kappa shape index (κ2) is 7.74. The van der Waals surface area contributed by atoms with Crippen molar-refractivity contribution in [2.24, 2.45) is 0 Å². The van der Waals surface area contributed by atoms with Crippen molar-refractivity contribution in [2.75, 3.05) is 6.61 Å². The van der Waals surface area contributed by atoms with Crippen LogP contribution in [-0.4, -0.2) is 22.7 Å². The highest BCUT2D eigenvalue weighted by atomic mass is 32.1. The van der Waals surface area contributed by atoms with Crippen molar-refractivity contribution in [3.05, 3.63) is 53.2 Å². The Morgan fingerprint density at radius 2 is 2.12 bits per heavy atom. The van der Waals surface area contributed by atoms with Gasteiger partial charge in [-0.2, -0.15) is 4.98 Å². The smallest absolute Gasteiger partial charge is 0.246 e. The van der Waals surface area contributed by atoms with E-state index in [0.717, 1.165) is 16.2 Å². The van der Waals surface area contributed by atoms with E-state index in [9.17, 15) is 4.79 Å². The SMILES string of the molecule is CCOc1ccc(CC(=O)NCc2nc(-c3cccs3)no2)cc1. The van der Waals surface area contributed by atoms with Crippen LogP contribution in [-0.2, 0) is 17.8 Å². The second-order valence-corrected chi connectivity index (χ2v) is 5.97. The molecule has 0 saturated heterocycles. The minimum Gasteiger partial charge on any atom is -0.494 e. The fraction of sp³-hybridized carbons (Fsp3) is 0.235. The molecule has 0 saturated carbocycles. The molecule has 2 aromatic heterocycles. The maximum atomic E-state index is 12.0. The number of aromatic nitrogens is 2. The zero-order valence-corrected chi connectivity index (χ0v) is 14.0. The molecule has 0 atom stereocenters. The number of benzene rings is 1. The third-order valence-corrected chi connectivity index (χ3v) is 4.11. The summed E-state index contributed by atoms with van der Waals surface area (Å²) in [6, 6.07) is 11.3. The molecule has 0 unspecified atom stereocenters. The van der Waals surface area contributed by atoms with Gasteiger partial charge < -0.3 is 14.6 Å². The van der Waals surface area contributed by atoms with Crippen molar-refractivity contribution >= 4 is 17.2 Å². The highest BCUT2D eigenvalue weighted by Crippen LogP contribution is 2.21. The molecule has 1 aromatic carbocycles. The average Bonchev–Trinajstić information content (AvgIpc) is 3.26. The monoisotopic (exact) mass is 343 g/mol. The molecule has 124 valence electrons. The van der Waals surface area contributed by atoms with Crippen LogP contribution in [0, 0.1) is 0 Å². The van der Waals surface area contributed by atoms with Gasteiger partial charge in [0.05, 0.1) is 24.4 Å². The fourth-order valence-corrected chi connectivity index (χ4v) is 2.77. The normalized spacial score (nSPS) is 10.5. The molecule has 0 spiro atoms. The summed E-state index contributed by atoms with van der Waals surface area (Å²) in [6.07, 6.45) is 0.290. The zero-order valence-electron chi connectivity index (χ0n) is 13.2. The third kappa shape index (κ3) is 4.20. The first-order valence-corrected chi connectivity index (χ1v) is 8.47. The van der Waals surface area contributed by atoms with E-state index in [2.05, 4.69) is 15.5 Å². The van der Waals surface area contributed by atoms with Gasteiger partial charge in [0.15, 0.2) is 0 Å². The van der Waals surface area contributed by atoms with Crippen LogP contribution in [0.4, 0.5) is 0 Å². The number of hydrogen-bond donors (Lipinski definition) is 1. The Kier molecular flexibility index (Phi) is 5.22. The van der Waals surface area contributed by atoms with Gasteiger partial charge in [0.1, 0.15) is 5.75 Å². The number of hydrogen-bond acceptors (Lipinski definition) is 6. The van der Waals surface area contributed by atoms with Gasteiger partial charge in [-0.15, -0.1) is 11.3 Å². The number of carbonyl (C=O) groups is 1. The van der Waals surface area contributed by atoms with Gasteiger partial charge in [-0.1, -0.05) is 23.4 Å². The summed E-state index contributed by atoms with van der Waals surface area (Å²) < 4.78 is 10.5. The largest absolute Gasteiger partial charge is 0.494 e. The van der Waals surface area contributed by atoms with Crippen LogP contribution in [0.25, 0.3) is 10.7 Å². The lowest BCUT2D eigenvalue weighted by atomic mass is 10.1. The first-order valence-electron chi connectivity index (χ1n) is 7.59. The summed E-state index contributed by atoms with van der Waals surface area (Å²) in [6.45, 7) is 2.77. The minimum atomic E-state index is -0.102. The van der Waals surface area contributed by atoms with Gasteiger partial charge in [0, 0.05) is 0 Å². The van der Waals surface area contributed by atoms with Crippen molar-refractivity contribution in [3.63, 3.8) is 0 Å². The number of nitrogens with zero attached hydrogens (tertiary/aromatic N) is 2. The summed E-state index contributed by atoms with van der Waals surface area (Å²) in [5.74, 6) is 1.63. The van der Waals surface area contributed by atoms with Gasteiger partial charge in [-0.25, -0.2) is 0 Å². The maximum Gasteiger partial charge on any atom is 0.246 e. The molecule has 0 aliphatic carbocycles. The summed E-state index contributed by atoms with van der Waals surface area (Å²) in [4.78, 5) is 17.2. The molecule has 0 bridgehead atoms. The Hall–Kier alpha value is -2.67. The van der Waals surface area contributed by atoms with Crippen LogP contribution in [0.1, 0.15) is 18.4 Å². The van der Waals surface area contributed by atoms with E-state index in [0.29, 0.717) is 24.7 Å². The van der Waals surface area contributed by atoms with Crippen molar-refractivity contribution in [2.45, 2.75) is 19.9 Å². The lowest BCUT2D eigenvalue weighted by Gasteiger charge is -2.05. The Labute approximate surface area is 143 Å². The highest BCUT2D eigenvalue weighted by Gasteiger charge is 2.11. The molecular formula is C17H17N3O3S. The summed E-state index contributed by atoms with van der Waals surface area (Å²) in [5.41, 5.74) is 0.917. The van der Waals surface area contributed by atoms with E-state index >= 15 is 0 Å². The molecule has 6 nitrogen and oxygen atoms in total. The van der Waals surface area contributed by atoms with Crippen LogP contribution in [0.15, 0.2) is 46.3 Å². The quantitative estimate of drug-likeness (QED) is 0.713. The Balaban J connectivity index is 1.50. The van der Waals surface area contributed by atoms with Gasteiger partial charge in [0.25, 0.3) is 0 Å². The fourth-order valence-electron chi connectivity index (χ4n) is 2.12. The summed E-state index contributed by atoms with van der Waals surface area (Å²) in [5, 5.41) is 8.64. The van der Waals surface area contributed by atoms with Crippen molar-refractivity contribution < 1.29 is 14.1 Å². The van der Waals surface area contributed by atoms with E-state index in [4.69, 9.17) is 9.26 Å². The lowest BCUT2D eigenvalue weighted by Crippen LogP contribution is -2.24. The predicted molar refractivity (Wildman–Crippen MR) is 90.8 cm³/mol. The lowest BCUT2D eigenvalue weighted by molar-refractivity contribution is -0.120. The number of ether oxygens (including phenoxy) is 1. The molecule has 0 radical (unpaired) electrons. The number of nitrogens with one attached hydrogen (secondary N) is 1. The molecule has 3 rings (SSSR count). The predicted octanol–water partition coefficient (Wildman–Crippen LogP) is 3.06. The van der Waals surface area contributed by atoms with Gasteiger partial charge in [0.2, 0.25) is 17.6 Å². The van der Waals surface area contributed by atoms with E-state index < -0.39 is 0 Å². The highest BCUT2D eigenvalue weighted by molar-refractivity contribution is 7.13. The molecule has 1 N–H and O–H groups in total. The molecule has 3 aromatic rings. The zero-order chi connectivity index (χ0) is 16.8. The van der Waals surface area contributed by atoms with Crippen LogP contribution in [0.2, 0.25) is 0 Å². The van der Waals surface area contributed by atoms with Crippen LogP contribution >= 0.6 is 11.3 Å². The molecule has 0 aliphatic heterocycles. The Bertz CT molecular complexity index is 782. The maximum absolute atomic E-state index is 12.0. The summed E-state index contributed by atoms with van der Waals surface area (Å²) in [7, 11) is 0. The van der Waals surface area contributed by atoms with Crippen LogP contribution < -0.4 is 10.1 Å². The van der Waals surface area contributed by atoms with Gasteiger partial charge >= 0.3 is 0 Å². The molecule has 24 heavy (non-hydrogen) atoms. The standard InChI is InChI=1S/C17H17N3O3S/c1-2-22-13-7-5-12(6-8-13)10-15(21)18-11-16-19-17(20-23-16)14-4-3-9-24-14/h3-9H,2,10-11H2,1H3,(H,18,21). The molecule has 0 fully saturated rings. The van der Waals surface area contributed by atoms with E-state index in [1.807, 2.05) is 48.7 Å². The van der Waals surface area contributed by atoms with Gasteiger partial charge in [-0.3, -0.25) is 4.79 Å². The topological polar surface area (TPSA) is 77.2 Å². The van der Waals surface area contributed by atoms with Crippen molar-refractivity contribution in [3.8, 4) is 16.5 Å². The first kappa shape index (κ1) is 16.2. The number of rotatable bonds is 7. The average molecular weight is 343 g/mol. The number of carbonyl (C=O) groups excluding carboxylic acids is 1. The Morgan fingerprint density at radius 1 is 1.29 bits per heavy atom. The van der Waals surface area contributed by atoms with Crippen LogP contribution in [0.5, 0.6) is 5.75 Å². The second-order valence-electron chi connectivity index (χ2n) is 5.02. The van der Waals surface area contributed by atoms with E-state index in [-0.39, 0.29) is 12.5 Å². The van der Waals surface area contributed by atoms with Crippen LogP contribution in [0.3, 0.4) is 0 Å². The van der Waals surface area contributed by atoms with E-state index in [1.54, 1.807) is 0 Å². The number of thiophene rings is 1. The molecular weight excluding hydrogens is 326 g/mol. The van der Waals surface area contributed by atoms with Gasteiger partial charge in [-0.05, 0) is 36.1 Å². The van der Waals surface area contributed by atoms with E-state index in [1.165, 1.54) is 11.3 Å². The first-order chi connectivity index (χ1) is 11.7. The minimum absolute atomic E-state index is 0.102.